The van der Waals surface area contributed by atoms with Crippen molar-refractivity contribution in [3.8, 4) is 16.8 Å². The Balaban J connectivity index is 1.31. The van der Waals surface area contributed by atoms with Crippen molar-refractivity contribution >= 4 is 81.1 Å². The van der Waals surface area contributed by atoms with Crippen LogP contribution >= 0.6 is 11.3 Å². The maximum Gasteiger partial charge on any atom is 0.0782 e. The first-order chi connectivity index (χ1) is 24.3. The molecule has 3 heteroatoms. The fraction of sp³-hybridized carbons (Fsp3) is 0. The molecule has 0 aliphatic heterocycles. The number of aromatic nitrogens is 1. The van der Waals surface area contributed by atoms with Gasteiger partial charge in [0.05, 0.1) is 16.7 Å². The van der Waals surface area contributed by atoms with Crippen LogP contribution in [0.15, 0.2) is 182 Å². The zero-order valence-electron chi connectivity index (χ0n) is 26.6. The number of para-hydroxylation sites is 3. The summed E-state index contributed by atoms with van der Waals surface area (Å²) < 4.78 is 5.06. The lowest BCUT2D eigenvalue weighted by Crippen LogP contribution is -2.12. The Morgan fingerprint density at radius 1 is 0.429 bits per heavy atom. The largest absolute Gasteiger partial charge is 0.308 e. The minimum Gasteiger partial charge on any atom is -0.308 e. The molecule has 0 fully saturated rings. The molecule has 230 valence electrons. The molecule has 0 N–H and O–H groups in total. The van der Waals surface area contributed by atoms with Crippen molar-refractivity contribution in [1.29, 1.82) is 0 Å². The van der Waals surface area contributed by atoms with E-state index in [4.69, 9.17) is 0 Å². The van der Waals surface area contributed by atoms with Crippen molar-refractivity contribution in [1.82, 2.24) is 4.57 Å². The minimum absolute atomic E-state index is 1.11. The standard InChI is InChI=1S/C46H30N2S/c1-3-13-31(14-4-1)33-15-11-18-35(29-33)47(36-27-25-32-26-28-44-45(40(32)30-36)39-20-8-10-24-43(39)49-44)42-23-12-21-38-37-19-7-9-22-41(37)48(46(38)42)34-16-5-2-6-17-34/h1-30H. The summed E-state index contributed by atoms with van der Waals surface area (Å²) in [6.45, 7) is 0. The molecular formula is C46H30N2S. The Morgan fingerprint density at radius 3 is 1.98 bits per heavy atom. The van der Waals surface area contributed by atoms with E-state index in [2.05, 4.69) is 191 Å². The van der Waals surface area contributed by atoms with Gasteiger partial charge in [-0.05, 0) is 82.6 Å². The monoisotopic (exact) mass is 642 g/mol. The maximum atomic E-state index is 2.46. The molecule has 0 amide bonds. The summed E-state index contributed by atoms with van der Waals surface area (Å²) in [4.78, 5) is 2.46. The van der Waals surface area contributed by atoms with E-state index in [1.165, 1.54) is 63.9 Å². The number of nitrogens with zero attached hydrogens (tertiary/aromatic N) is 2. The number of benzene rings is 8. The van der Waals surface area contributed by atoms with E-state index in [0.29, 0.717) is 0 Å². The molecule has 0 atom stereocenters. The molecular weight excluding hydrogens is 613 g/mol. The molecule has 0 aliphatic rings. The van der Waals surface area contributed by atoms with Crippen molar-refractivity contribution in [3.05, 3.63) is 182 Å². The second-order valence-corrected chi connectivity index (χ2v) is 13.6. The van der Waals surface area contributed by atoms with Crippen LogP contribution in [0.25, 0.3) is 69.6 Å². The van der Waals surface area contributed by atoms with Crippen LogP contribution in [-0.4, -0.2) is 4.57 Å². The maximum absolute atomic E-state index is 2.46. The van der Waals surface area contributed by atoms with Gasteiger partial charge in [0.25, 0.3) is 0 Å². The molecule has 0 saturated carbocycles. The Kier molecular flexibility index (Phi) is 6.39. The molecule has 2 aromatic heterocycles. The van der Waals surface area contributed by atoms with Crippen molar-refractivity contribution < 1.29 is 0 Å². The molecule has 10 rings (SSSR count). The van der Waals surface area contributed by atoms with Gasteiger partial charge in [-0.15, -0.1) is 11.3 Å². The summed E-state index contributed by atoms with van der Waals surface area (Å²) in [5, 5.41) is 7.63. The van der Waals surface area contributed by atoms with Crippen LogP contribution in [0.5, 0.6) is 0 Å². The Labute approximate surface area is 288 Å². The average Bonchev–Trinajstić information content (AvgIpc) is 3.73. The van der Waals surface area contributed by atoms with E-state index >= 15 is 0 Å². The third kappa shape index (κ3) is 4.47. The molecule has 2 nitrogen and oxygen atoms in total. The van der Waals surface area contributed by atoms with E-state index in [9.17, 15) is 0 Å². The highest BCUT2D eigenvalue weighted by molar-refractivity contribution is 7.26. The summed E-state index contributed by atoms with van der Waals surface area (Å²) in [5.74, 6) is 0. The molecule has 0 aliphatic carbocycles. The smallest absolute Gasteiger partial charge is 0.0782 e. The summed E-state index contributed by atoms with van der Waals surface area (Å²) in [7, 11) is 0. The normalized spacial score (nSPS) is 11.7. The Morgan fingerprint density at radius 2 is 1.10 bits per heavy atom. The van der Waals surface area contributed by atoms with E-state index < -0.39 is 0 Å². The average molecular weight is 643 g/mol. The van der Waals surface area contributed by atoms with Gasteiger partial charge in [-0.3, -0.25) is 0 Å². The van der Waals surface area contributed by atoms with Gasteiger partial charge < -0.3 is 9.47 Å². The van der Waals surface area contributed by atoms with Gasteiger partial charge in [0.1, 0.15) is 0 Å². The van der Waals surface area contributed by atoms with Crippen LogP contribution in [-0.2, 0) is 0 Å². The summed E-state index contributed by atoms with van der Waals surface area (Å²) >= 11 is 1.87. The van der Waals surface area contributed by atoms with Gasteiger partial charge in [-0.25, -0.2) is 0 Å². The molecule has 8 aromatic carbocycles. The molecule has 0 unspecified atom stereocenters. The van der Waals surface area contributed by atoms with Gasteiger partial charge in [-0.2, -0.15) is 0 Å². The number of fused-ring (bicyclic) bond motifs is 8. The third-order valence-corrected chi connectivity index (χ3v) is 10.9. The van der Waals surface area contributed by atoms with Crippen molar-refractivity contribution in [3.63, 3.8) is 0 Å². The fourth-order valence-corrected chi connectivity index (χ4v) is 8.70. The predicted octanol–water partition coefficient (Wildman–Crippen LogP) is 13.4. The number of thiophene rings is 1. The second kappa shape index (κ2) is 11.2. The first-order valence-electron chi connectivity index (χ1n) is 16.7. The molecule has 0 bridgehead atoms. The van der Waals surface area contributed by atoms with Gasteiger partial charge in [0, 0.05) is 48.0 Å². The number of hydrogen-bond donors (Lipinski definition) is 0. The van der Waals surface area contributed by atoms with E-state index in [-0.39, 0.29) is 0 Å². The van der Waals surface area contributed by atoms with Crippen molar-refractivity contribution in [2.45, 2.75) is 0 Å². The van der Waals surface area contributed by atoms with Gasteiger partial charge in [0.15, 0.2) is 0 Å². The summed E-state index contributed by atoms with van der Waals surface area (Å²) in [6.07, 6.45) is 0. The topological polar surface area (TPSA) is 8.17 Å². The lowest BCUT2D eigenvalue weighted by Gasteiger charge is -2.28. The molecule has 10 aromatic rings. The number of hydrogen-bond acceptors (Lipinski definition) is 2. The Bertz CT molecular complexity index is 2830. The molecule has 0 spiro atoms. The lowest BCUT2D eigenvalue weighted by molar-refractivity contribution is 1.17. The first-order valence-corrected chi connectivity index (χ1v) is 17.5. The van der Waals surface area contributed by atoms with Gasteiger partial charge in [-0.1, -0.05) is 121 Å². The van der Waals surface area contributed by atoms with Crippen LogP contribution in [0.4, 0.5) is 17.1 Å². The van der Waals surface area contributed by atoms with Crippen molar-refractivity contribution in [2.24, 2.45) is 0 Å². The highest BCUT2D eigenvalue weighted by Gasteiger charge is 2.22. The lowest BCUT2D eigenvalue weighted by atomic mass is 10.0. The highest BCUT2D eigenvalue weighted by atomic mass is 32.1. The number of rotatable bonds is 5. The van der Waals surface area contributed by atoms with E-state index in [1.54, 1.807) is 0 Å². The zero-order chi connectivity index (χ0) is 32.3. The Hall–Kier alpha value is -6.16. The van der Waals surface area contributed by atoms with Gasteiger partial charge >= 0.3 is 0 Å². The second-order valence-electron chi connectivity index (χ2n) is 12.6. The zero-order valence-corrected chi connectivity index (χ0v) is 27.4. The first kappa shape index (κ1) is 27.9. The van der Waals surface area contributed by atoms with Gasteiger partial charge in [0.2, 0.25) is 0 Å². The van der Waals surface area contributed by atoms with Crippen LogP contribution in [0.3, 0.4) is 0 Å². The molecule has 2 heterocycles. The molecule has 0 radical (unpaired) electrons. The van der Waals surface area contributed by atoms with Crippen LogP contribution in [0.2, 0.25) is 0 Å². The quantitative estimate of drug-likeness (QED) is 0.181. The third-order valence-electron chi connectivity index (χ3n) is 9.74. The summed E-state index contributed by atoms with van der Waals surface area (Å²) in [6, 6.07) is 66.2. The fourth-order valence-electron chi connectivity index (χ4n) is 7.58. The number of anilines is 3. The predicted molar refractivity (Wildman–Crippen MR) is 211 cm³/mol. The minimum atomic E-state index is 1.11. The summed E-state index contributed by atoms with van der Waals surface area (Å²) in [5.41, 5.74) is 9.27. The molecule has 0 saturated heterocycles. The van der Waals surface area contributed by atoms with Crippen LogP contribution in [0.1, 0.15) is 0 Å². The molecule has 49 heavy (non-hydrogen) atoms. The van der Waals surface area contributed by atoms with Crippen molar-refractivity contribution in [2.75, 3.05) is 4.90 Å². The van der Waals surface area contributed by atoms with E-state index in [0.717, 1.165) is 22.7 Å². The van der Waals surface area contributed by atoms with Crippen LogP contribution < -0.4 is 4.90 Å². The SMILES string of the molecule is c1ccc(-c2cccc(N(c3ccc4ccc5sc6ccccc6c5c4c3)c3cccc4c5ccccc5n(-c5ccccc5)c34)c2)cc1. The van der Waals surface area contributed by atoms with Crippen LogP contribution in [0, 0.1) is 0 Å². The highest BCUT2D eigenvalue weighted by Crippen LogP contribution is 2.46. The van der Waals surface area contributed by atoms with E-state index in [1.807, 2.05) is 11.3 Å².